The third-order valence-corrected chi connectivity index (χ3v) is 4.10. The average Bonchev–Trinajstić information content (AvgIpc) is 2.46. The van der Waals surface area contributed by atoms with Crippen molar-refractivity contribution in [1.29, 1.82) is 0 Å². The van der Waals surface area contributed by atoms with E-state index in [1.807, 2.05) is 25.1 Å². The maximum Gasteiger partial charge on any atom is 0.238 e. The summed E-state index contributed by atoms with van der Waals surface area (Å²) in [7, 11) is 0. The van der Waals surface area contributed by atoms with Gasteiger partial charge in [-0.15, -0.1) is 6.58 Å². The summed E-state index contributed by atoms with van der Waals surface area (Å²) in [6, 6.07) is 6.00. The number of carbonyl (C=O) groups excluding carboxylic acids is 1. The molecule has 1 fully saturated rings. The molecule has 0 spiro atoms. The lowest BCUT2D eigenvalue weighted by Crippen LogP contribution is -2.48. The number of carbonyl (C=O) groups is 1. The summed E-state index contributed by atoms with van der Waals surface area (Å²) in [6.45, 7) is 13.1. The second kappa shape index (κ2) is 7.38. The highest BCUT2D eigenvalue weighted by Gasteiger charge is 2.18. The van der Waals surface area contributed by atoms with E-state index in [4.69, 9.17) is 0 Å². The average molecular weight is 287 g/mol. The van der Waals surface area contributed by atoms with Crippen LogP contribution in [0, 0.1) is 13.8 Å². The van der Waals surface area contributed by atoms with Crippen molar-refractivity contribution in [3.63, 3.8) is 0 Å². The Labute approximate surface area is 127 Å². The van der Waals surface area contributed by atoms with Crippen LogP contribution in [-0.2, 0) is 4.79 Å². The number of aryl methyl sites for hydroxylation is 1. The van der Waals surface area contributed by atoms with Crippen molar-refractivity contribution < 1.29 is 4.79 Å². The molecule has 4 heteroatoms. The number of piperazine rings is 1. The molecule has 0 aliphatic carbocycles. The van der Waals surface area contributed by atoms with Gasteiger partial charge in [0.05, 0.1) is 6.54 Å². The zero-order valence-corrected chi connectivity index (χ0v) is 13.1. The Morgan fingerprint density at radius 3 is 2.57 bits per heavy atom. The molecule has 1 N–H and O–H groups in total. The molecule has 4 nitrogen and oxygen atoms in total. The Balaban J connectivity index is 1.83. The van der Waals surface area contributed by atoms with Gasteiger partial charge < -0.3 is 5.32 Å². The molecular formula is C17H25N3O. The Bertz CT molecular complexity index is 505. The van der Waals surface area contributed by atoms with Crippen molar-refractivity contribution in [1.82, 2.24) is 9.80 Å². The quantitative estimate of drug-likeness (QED) is 0.842. The second-order valence-electron chi connectivity index (χ2n) is 5.66. The van der Waals surface area contributed by atoms with Gasteiger partial charge in [0.2, 0.25) is 5.91 Å². The lowest BCUT2D eigenvalue weighted by molar-refractivity contribution is -0.117. The molecule has 0 unspecified atom stereocenters. The normalized spacial score (nSPS) is 16.7. The maximum absolute atomic E-state index is 12.2. The zero-order chi connectivity index (χ0) is 15.2. The number of benzene rings is 1. The van der Waals surface area contributed by atoms with E-state index in [2.05, 4.69) is 34.7 Å². The first kappa shape index (κ1) is 15.7. The summed E-state index contributed by atoms with van der Waals surface area (Å²) in [5, 5.41) is 3.02. The van der Waals surface area contributed by atoms with E-state index in [1.165, 1.54) is 5.56 Å². The minimum absolute atomic E-state index is 0.0703. The minimum atomic E-state index is 0.0703. The van der Waals surface area contributed by atoms with Crippen LogP contribution >= 0.6 is 0 Å². The molecule has 1 amide bonds. The smallest absolute Gasteiger partial charge is 0.238 e. The lowest BCUT2D eigenvalue weighted by atomic mass is 10.1. The van der Waals surface area contributed by atoms with Gasteiger partial charge in [-0.3, -0.25) is 14.6 Å². The molecule has 1 aromatic carbocycles. The van der Waals surface area contributed by atoms with E-state index in [-0.39, 0.29) is 5.91 Å². The van der Waals surface area contributed by atoms with Crippen LogP contribution in [0.25, 0.3) is 0 Å². The Morgan fingerprint density at radius 1 is 1.24 bits per heavy atom. The van der Waals surface area contributed by atoms with Crippen LogP contribution in [0.5, 0.6) is 0 Å². The molecule has 0 aromatic heterocycles. The van der Waals surface area contributed by atoms with Crippen molar-refractivity contribution >= 4 is 11.6 Å². The third kappa shape index (κ3) is 4.41. The molecule has 0 atom stereocenters. The van der Waals surface area contributed by atoms with Crippen molar-refractivity contribution in [2.24, 2.45) is 0 Å². The number of amides is 1. The largest absolute Gasteiger partial charge is 0.325 e. The van der Waals surface area contributed by atoms with Crippen LogP contribution in [0.2, 0.25) is 0 Å². The Morgan fingerprint density at radius 2 is 1.90 bits per heavy atom. The molecule has 0 bridgehead atoms. The minimum Gasteiger partial charge on any atom is -0.325 e. The monoisotopic (exact) mass is 287 g/mol. The summed E-state index contributed by atoms with van der Waals surface area (Å²) >= 11 is 0. The highest BCUT2D eigenvalue weighted by atomic mass is 16.2. The second-order valence-corrected chi connectivity index (χ2v) is 5.66. The number of hydrogen-bond acceptors (Lipinski definition) is 3. The molecule has 1 aliphatic heterocycles. The van der Waals surface area contributed by atoms with Gasteiger partial charge in [-0.05, 0) is 31.0 Å². The molecule has 0 saturated carbocycles. The fraction of sp³-hybridized carbons (Fsp3) is 0.471. The van der Waals surface area contributed by atoms with Gasteiger partial charge in [-0.1, -0.05) is 18.2 Å². The third-order valence-electron chi connectivity index (χ3n) is 4.10. The highest BCUT2D eigenvalue weighted by Crippen LogP contribution is 2.17. The van der Waals surface area contributed by atoms with Gasteiger partial charge >= 0.3 is 0 Å². The fourth-order valence-electron chi connectivity index (χ4n) is 2.59. The van der Waals surface area contributed by atoms with E-state index in [9.17, 15) is 4.79 Å². The highest BCUT2D eigenvalue weighted by molar-refractivity contribution is 5.93. The zero-order valence-electron chi connectivity index (χ0n) is 13.1. The predicted molar refractivity (Wildman–Crippen MR) is 87.6 cm³/mol. The van der Waals surface area contributed by atoms with E-state index in [0.29, 0.717) is 6.54 Å². The fourth-order valence-corrected chi connectivity index (χ4v) is 2.59. The van der Waals surface area contributed by atoms with Crippen LogP contribution in [-0.4, -0.2) is 55.0 Å². The maximum atomic E-state index is 12.2. The first-order valence-corrected chi connectivity index (χ1v) is 7.52. The molecule has 1 saturated heterocycles. The number of nitrogens with zero attached hydrogens (tertiary/aromatic N) is 2. The summed E-state index contributed by atoms with van der Waals surface area (Å²) < 4.78 is 0. The van der Waals surface area contributed by atoms with Gasteiger partial charge in [0.1, 0.15) is 0 Å². The molecule has 114 valence electrons. The van der Waals surface area contributed by atoms with Crippen LogP contribution in [0.15, 0.2) is 30.9 Å². The van der Waals surface area contributed by atoms with Gasteiger partial charge in [0, 0.05) is 38.4 Å². The van der Waals surface area contributed by atoms with Crippen LogP contribution < -0.4 is 5.32 Å². The van der Waals surface area contributed by atoms with Crippen LogP contribution in [0.1, 0.15) is 11.1 Å². The summed E-state index contributed by atoms with van der Waals surface area (Å²) in [5.74, 6) is 0.0703. The SMILES string of the molecule is C=CCN1CCN(CC(=O)Nc2cccc(C)c2C)CC1. The first-order valence-electron chi connectivity index (χ1n) is 7.52. The van der Waals surface area contributed by atoms with E-state index < -0.39 is 0 Å². The first-order chi connectivity index (χ1) is 10.1. The predicted octanol–water partition coefficient (Wildman–Crippen LogP) is 2.05. The Hall–Kier alpha value is -1.65. The van der Waals surface area contributed by atoms with E-state index >= 15 is 0 Å². The van der Waals surface area contributed by atoms with Gasteiger partial charge in [-0.25, -0.2) is 0 Å². The van der Waals surface area contributed by atoms with Gasteiger partial charge in [0.25, 0.3) is 0 Å². The number of hydrogen-bond donors (Lipinski definition) is 1. The number of anilines is 1. The molecule has 2 rings (SSSR count). The molecule has 0 radical (unpaired) electrons. The molecular weight excluding hydrogens is 262 g/mol. The van der Waals surface area contributed by atoms with E-state index in [1.54, 1.807) is 0 Å². The standard InChI is InChI=1S/C17H25N3O/c1-4-8-19-9-11-20(12-10-19)13-17(21)18-16-7-5-6-14(2)15(16)3/h4-7H,1,8-13H2,2-3H3,(H,18,21). The van der Waals surface area contributed by atoms with Gasteiger partial charge in [0.15, 0.2) is 0 Å². The topological polar surface area (TPSA) is 35.6 Å². The molecule has 21 heavy (non-hydrogen) atoms. The molecule has 1 aliphatic rings. The molecule has 1 aromatic rings. The van der Waals surface area contributed by atoms with Crippen molar-refractivity contribution in [3.8, 4) is 0 Å². The lowest BCUT2D eigenvalue weighted by Gasteiger charge is -2.33. The van der Waals surface area contributed by atoms with Crippen molar-refractivity contribution in [2.75, 3.05) is 44.6 Å². The van der Waals surface area contributed by atoms with Crippen molar-refractivity contribution in [3.05, 3.63) is 42.0 Å². The Kier molecular flexibility index (Phi) is 5.53. The molecule has 1 heterocycles. The number of rotatable bonds is 5. The summed E-state index contributed by atoms with van der Waals surface area (Å²) in [6.07, 6.45) is 1.93. The summed E-state index contributed by atoms with van der Waals surface area (Å²) in [5.41, 5.74) is 3.26. The van der Waals surface area contributed by atoms with Crippen LogP contribution in [0.4, 0.5) is 5.69 Å². The van der Waals surface area contributed by atoms with Crippen molar-refractivity contribution in [2.45, 2.75) is 13.8 Å². The summed E-state index contributed by atoms with van der Waals surface area (Å²) in [4.78, 5) is 16.7. The van der Waals surface area contributed by atoms with Gasteiger partial charge in [-0.2, -0.15) is 0 Å². The van der Waals surface area contributed by atoms with E-state index in [0.717, 1.165) is 44.0 Å². The van der Waals surface area contributed by atoms with Crippen LogP contribution in [0.3, 0.4) is 0 Å². The number of nitrogens with one attached hydrogen (secondary N) is 1.